The van der Waals surface area contributed by atoms with Gasteiger partial charge in [0.05, 0.1) is 12.8 Å². The molecular formula is C18H17NO5. The minimum Gasteiger partial charge on any atom is -0.495 e. The first kappa shape index (κ1) is 17.1. The molecule has 0 aliphatic rings. The third-order valence-electron chi connectivity index (χ3n) is 3.09. The molecule has 2 aromatic carbocycles. The van der Waals surface area contributed by atoms with E-state index in [-0.39, 0.29) is 6.61 Å². The summed E-state index contributed by atoms with van der Waals surface area (Å²) < 4.78 is 10.3. The lowest BCUT2D eigenvalue weighted by Gasteiger charge is -2.11. The molecule has 124 valence electrons. The quantitative estimate of drug-likeness (QED) is 0.793. The minimum atomic E-state index is -1.04. The van der Waals surface area contributed by atoms with Gasteiger partial charge in [0.25, 0.3) is 0 Å². The second-order valence-electron chi connectivity index (χ2n) is 4.82. The van der Waals surface area contributed by atoms with Crippen molar-refractivity contribution in [1.29, 1.82) is 0 Å². The first-order chi connectivity index (χ1) is 11.6. The third kappa shape index (κ3) is 5.17. The van der Waals surface area contributed by atoms with Gasteiger partial charge in [0.2, 0.25) is 0 Å². The average Bonchev–Trinajstić information content (AvgIpc) is 2.60. The Bertz CT molecular complexity index is 740. The molecule has 0 bridgehead atoms. The lowest BCUT2D eigenvalue weighted by Crippen LogP contribution is -2.14. The van der Waals surface area contributed by atoms with Gasteiger partial charge in [-0.15, -0.1) is 0 Å². The minimum absolute atomic E-state index is 0.161. The fraction of sp³-hybridized carbons (Fsp3) is 0.111. The van der Waals surface area contributed by atoms with Gasteiger partial charge in [-0.25, -0.2) is 9.59 Å². The summed E-state index contributed by atoms with van der Waals surface area (Å²) in [6, 6.07) is 14.2. The van der Waals surface area contributed by atoms with Crippen molar-refractivity contribution in [3.05, 3.63) is 65.7 Å². The highest BCUT2D eigenvalue weighted by Gasteiger charge is 2.09. The number of hydrogen-bond donors (Lipinski definition) is 2. The van der Waals surface area contributed by atoms with Gasteiger partial charge in [0.15, 0.2) is 0 Å². The van der Waals surface area contributed by atoms with Crippen LogP contribution >= 0.6 is 0 Å². The molecule has 0 aliphatic heterocycles. The molecule has 0 heterocycles. The van der Waals surface area contributed by atoms with Gasteiger partial charge in [-0.3, -0.25) is 5.32 Å². The average molecular weight is 327 g/mol. The summed E-state index contributed by atoms with van der Waals surface area (Å²) in [5.74, 6) is -0.639. The van der Waals surface area contributed by atoms with Gasteiger partial charge < -0.3 is 14.6 Å². The number of anilines is 1. The number of aliphatic carboxylic acids is 1. The molecule has 0 aromatic heterocycles. The van der Waals surface area contributed by atoms with E-state index in [9.17, 15) is 9.59 Å². The maximum Gasteiger partial charge on any atom is 0.412 e. The van der Waals surface area contributed by atoms with Crippen LogP contribution in [0.2, 0.25) is 0 Å². The van der Waals surface area contributed by atoms with Gasteiger partial charge >= 0.3 is 12.1 Å². The topological polar surface area (TPSA) is 84.9 Å². The molecule has 2 N–H and O–H groups in total. The van der Waals surface area contributed by atoms with Crippen molar-refractivity contribution in [3.63, 3.8) is 0 Å². The molecule has 0 saturated heterocycles. The van der Waals surface area contributed by atoms with Crippen molar-refractivity contribution >= 4 is 23.8 Å². The summed E-state index contributed by atoms with van der Waals surface area (Å²) in [7, 11) is 1.46. The van der Waals surface area contributed by atoms with Crippen molar-refractivity contribution < 1.29 is 24.2 Å². The Morgan fingerprint density at radius 2 is 1.92 bits per heavy atom. The van der Waals surface area contributed by atoms with Crippen molar-refractivity contribution in [2.24, 2.45) is 0 Å². The molecular weight excluding hydrogens is 310 g/mol. The van der Waals surface area contributed by atoms with Crippen LogP contribution in [-0.4, -0.2) is 24.3 Å². The van der Waals surface area contributed by atoms with Gasteiger partial charge in [0.1, 0.15) is 12.4 Å². The van der Waals surface area contributed by atoms with Crippen LogP contribution in [-0.2, 0) is 16.1 Å². The first-order valence-corrected chi connectivity index (χ1v) is 7.15. The van der Waals surface area contributed by atoms with Crippen LogP contribution in [0.15, 0.2) is 54.6 Å². The number of ether oxygens (including phenoxy) is 2. The van der Waals surface area contributed by atoms with Crippen molar-refractivity contribution in [2.75, 3.05) is 12.4 Å². The number of carboxylic acids is 1. The summed E-state index contributed by atoms with van der Waals surface area (Å²) in [5, 5.41) is 11.2. The zero-order valence-corrected chi connectivity index (χ0v) is 13.1. The number of rotatable bonds is 6. The van der Waals surface area contributed by atoms with Gasteiger partial charge in [0, 0.05) is 6.08 Å². The molecule has 2 rings (SSSR count). The fourth-order valence-corrected chi connectivity index (χ4v) is 1.95. The van der Waals surface area contributed by atoms with Gasteiger partial charge in [-0.05, 0) is 29.3 Å². The zero-order valence-electron chi connectivity index (χ0n) is 13.1. The number of methoxy groups -OCH3 is 1. The van der Waals surface area contributed by atoms with Crippen LogP contribution in [0.5, 0.6) is 5.75 Å². The van der Waals surface area contributed by atoms with E-state index >= 15 is 0 Å². The van der Waals surface area contributed by atoms with Gasteiger partial charge in [-0.2, -0.15) is 0 Å². The van der Waals surface area contributed by atoms with E-state index in [0.717, 1.165) is 11.6 Å². The largest absolute Gasteiger partial charge is 0.495 e. The smallest absolute Gasteiger partial charge is 0.412 e. The van der Waals surface area contributed by atoms with Crippen molar-refractivity contribution in [2.45, 2.75) is 6.61 Å². The molecule has 0 radical (unpaired) electrons. The Balaban J connectivity index is 2.00. The van der Waals surface area contributed by atoms with Gasteiger partial charge in [-0.1, -0.05) is 36.4 Å². The van der Waals surface area contributed by atoms with E-state index in [4.69, 9.17) is 14.6 Å². The Morgan fingerprint density at radius 1 is 1.17 bits per heavy atom. The molecule has 0 spiro atoms. The second-order valence-corrected chi connectivity index (χ2v) is 4.82. The van der Waals surface area contributed by atoms with Crippen LogP contribution < -0.4 is 10.1 Å². The molecule has 2 aromatic rings. The number of amides is 1. The lowest BCUT2D eigenvalue weighted by atomic mass is 10.1. The third-order valence-corrected chi connectivity index (χ3v) is 3.09. The fourth-order valence-electron chi connectivity index (χ4n) is 1.95. The summed E-state index contributed by atoms with van der Waals surface area (Å²) in [6.45, 7) is 0.161. The maximum atomic E-state index is 11.9. The van der Waals surface area contributed by atoms with Crippen molar-refractivity contribution in [1.82, 2.24) is 0 Å². The second kappa shape index (κ2) is 8.38. The molecule has 0 unspecified atom stereocenters. The standard InChI is InChI=1S/C18H17NO5/c1-23-16-11-13(8-10-17(20)21)7-9-15(16)19-18(22)24-12-14-5-3-2-4-6-14/h2-11H,12H2,1H3,(H,19,22)(H,20,21)/b10-8+. The highest BCUT2D eigenvalue weighted by atomic mass is 16.5. The summed E-state index contributed by atoms with van der Waals surface area (Å²) in [6.07, 6.45) is 1.85. The molecule has 0 saturated carbocycles. The summed E-state index contributed by atoms with van der Waals surface area (Å²) in [5.41, 5.74) is 1.95. The van der Waals surface area contributed by atoms with E-state index in [1.54, 1.807) is 18.2 Å². The number of carbonyl (C=O) groups is 2. The van der Waals surface area contributed by atoms with E-state index in [1.807, 2.05) is 30.3 Å². The monoisotopic (exact) mass is 327 g/mol. The van der Waals surface area contributed by atoms with Crippen molar-refractivity contribution in [3.8, 4) is 5.75 Å². The first-order valence-electron chi connectivity index (χ1n) is 7.15. The molecule has 0 atom stereocenters. The van der Waals surface area contributed by atoms with Crippen LogP contribution in [0, 0.1) is 0 Å². The van der Waals surface area contributed by atoms with Crippen LogP contribution in [0.4, 0.5) is 10.5 Å². The molecule has 0 fully saturated rings. The molecule has 6 nitrogen and oxygen atoms in total. The SMILES string of the molecule is COc1cc(/C=C/C(=O)O)ccc1NC(=O)OCc1ccccc1. The normalized spacial score (nSPS) is 10.4. The Labute approximate surface area is 139 Å². The van der Waals surface area contributed by atoms with E-state index in [1.165, 1.54) is 13.2 Å². The van der Waals surface area contributed by atoms with Crippen LogP contribution in [0.1, 0.15) is 11.1 Å². The lowest BCUT2D eigenvalue weighted by molar-refractivity contribution is -0.131. The Morgan fingerprint density at radius 3 is 2.58 bits per heavy atom. The predicted octanol–water partition coefficient (Wildman–Crippen LogP) is 3.54. The van der Waals surface area contributed by atoms with E-state index < -0.39 is 12.1 Å². The summed E-state index contributed by atoms with van der Waals surface area (Å²) >= 11 is 0. The molecule has 1 amide bonds. The number of nitrogens with one attached hydrogen (secondary N) is 1. The summed E-state index contributed by atoms with van der Waals surface area (Å²) in [4.78, 5) is 22.4. The Hall–Kier alpha value is -3.28. The number of benzene rings is 2. The molecule has 6 heteroatoms. The number of carbonyl (C=O) groups excluding carboxylic acids is 1. The number of carboxylic acid groups (broad SMARTS) is 1. The Kier molecular flexibility index (Phi) is 5.96. The highest BCUT2D eigenvalue weighted by molar-refractivity contribution is 5.88. The molecule has 24 heavy (non-hydrogen) atoms. The maximum absolute atomic E-state index is 11.9. The molecule has 0 aliphatic carbocycles. The number of hydrogen-bond acceptors (Lipinski definition) is 4. The van der Waals surface area contributed by atoms with Crippen LogP contribution in [0.3, 0.4) is 0 Å². The van der Waals surface area contributed by atoms with Crippen LogP contribution in [0.25, 0.3) is 6.08 Å². The highest BCUT2D eigenvalue weighted by Crippen LogP contribution is 2.26. The van der Waals surface area contributed by atoms with E-state index in [0.29, 0.717) is 17.0 Å². The predicted molar refractivity (Wildman–Crippen MR) is 89.9 cm³/mol. The zero-order chi connectivity index (χ0) is 17.4. The van der Waals surface area contributed by atoms with E-state index in [2.05, 4.69) is 5.32 Å².